The van der Waals surface area contributed by atoms with E-state index in [2.05, 4.69) is 36.4 Å². The molecule has 0 saturated heterocycles. The lowest BCUT2D eigenvalue weighted by Gasteiger charge is -2.23. The Morgan fingerprint density at radius 2 is 1.96 bits per heavy atom. The highest BCUT2D eigenvalue weighted by atomic mass is 16.6. The first kappa shape index (κ1) is 21.6. The van der Waals surface area contributed by atoms with Gasteiger partial charge < -0.3 is 20.5 Å². The van der Waals surface area contributed by atoms with Gasteiger partial charge in [0, 0.05) is 25.7 Å². The Balaban J connectivity index is 1.67. The number of ether oxygens (including phenoxy) is 1. The van der Waals surface area contributed by atoms with Crippen LogP contribution in [0.25, 0.3) is 0 Å². The smallest absolute Gasteiger partial charge is 0.287 e. The average molecular weight is 388 g/mol. The first-order valence-electron chi connectivity index (χ1n) is 9.23. The van der Waals surface area contributed by atoms with Crippen LogP contribution in [0.15, 0.2) is 42.6 Å². The molecule has 0 aliphatic carbocycles. The summed E-state index contributed by atoms with van der Waals surface area (Å²) >= 11 is 0. The Bertz CT molecular complexity index is 760. The number of nitro groups is 1. The summed E-state index contributed by atoms with van der Waals surface area (Å²) in [7, 11) is 0. The summed E-state index contributed by atoms with van der Waals surface area (Å²) < 4.78 is 5.81. The van der Waals surface area contributed by atoms with Crippen molar-refractivity contribution in [1.29, 1.82) is 0 Å². The minimum absolute atomic E-state index is 0.0304. The zero-order valence-corrected chi connectivity index (χ0v) is 16.5. The van der Waals surface area contributed by atoms with E-state index < -0.39 is 11.0 Å². The number of nitrogens with one attached hydrogen (secondary N) is 2. The lowest BCUT2D eigenvalue weighted by Crippen LogP contribution is -2.34. The number of aromatic nitrogens is 1. The van der Waals surface area contributed by atoms with Gasteiger partial charge in [0.05, 0.1) is 4.92 Å². The molecular formula is C20H28N4O4. The van der Waals surface area contributed by atoms with Gasteiger partial charge in [0.15, 0.2) is 0 Å². The number of rotatable bonds is 10. The molecule has 0 aliphatic rings. The molecule has 0 amide bonds. The molecule has 0 saturated carbocycles. The van der Waals surface area contributed by atoms with E-state index in [0.717, 1.165) is 11.3 Å². The van der Waals surface area contributed by atoms with E-state index in [1.165, 1.54) is 12.3 Å². The predicted octanol–water partition coefficient (Wildman–Crippen LogP) is 2.73. The number of pyridine rings is 1. The maximum absolute atomic E-state index is 10.6. The van der Waals surface area contributed by atoms with Crippen LogP contribution in [0.3, 0.4) is 0 Å². The minimum Gasteiger partial charge on any atom is -0.491 e. The van der Waals surface area contributed by atoms with Crippen LogP contribution in [0, 0.1) is 10.1 Å². The molecule has 152 valence electrons. The van der Waals surface area contributed by atoms with Crippen LogP contribution in [-0.4, -0.2) is 47.4 Å². The number of aliphatic hydroxyl groups is 1. The Labute approximate surface area is 165 Å². The van der Waals surface area contributed by atoms with E-state index in [1.807, 2.05) is 24.3 Å². The van der Waals surface area contributed by atoms with Crippen molar-refractivity contribution in [3.63, 3.8) is 0 Å². The molecule has 0 aliphatic heterocycles. The molecule has 1 atom stereocenters. The normalized spacial score (nSPS) is 12.4. The molecule has 0 spiro atoms. The van der Waals surface area contributed by atoms with Gasteiger partial charge in [-0.3, -0.25) is 10.1 Å². The quantitative estimate of drug-likeness (QED) is 0.326. The largest absolute Gasteiger partial charge is 0.491 e. The topological polar surface area (TPSA) is 110 Å². The van der Waals surface area contributed by atoms with Gasteiger partial charge in [-0.2, -0.15) is 0 Å². The molecule has 0 fully saturated rings. The summed E-state index contributed by atoms with van der Waals surface area (Å²) in [6.45, 7) is 8.16. The first-order chi connectivity index (χ1) is 13.3. The van der Waals surface area contributed by atoms with Crippen LogP contribution < -0.4 is 15.4 Å². The number of benzene rings is 1. The third-order valence-electron chi connectivity index (χ3n) is 4.07. The third kappa shape index (κ3) is 6.79. The van der Waals surface area contributed by atoms with Crippen LogP contribution in [-0.2, 0) is 5.41 Å². The Kier molecular flexibility index (Phi) is 7.71. The van der Waals surface area contributed by atoms with Crippen LogP contribution in [0.2, 0.25) is 0 Å². The fourth-order valence-electron chi connectivity index (χ4n) is 2.60. The van der Waals surface area contributed by atoms with Crippen LogP contribution in [0.5, 0.6) is 5.75 Å². The standard InChI is InChI=1S/C20H28N4O4/c1-20(2,3)17-6-4-5-7-18(17)28-14-16(25)13-21-10-11-22-19-9-8-15(12-23-19)24(26)27/h4-9,12,16,21,25H,10-11,13-14H2,1-3H3,(H,22,23). The van der Waals surface area contributed by atoms with Crippen LogP contribution in [0.4, 0.5) is 11.5 Å². The van der Waals surface area contributed by atoms with Crippen molar-refractivity contribution in [2.24, 2.45) is 0 Å². The molecule has 3 N–H and O–H groups in total. The van der Waals surface area contributed by atoms with E-state index >= 15 is 0 Å². The summed E-state index contributed by atoms with van der Waals surface area (Å²) in [4.78, 5) is 14.1. The van der Waals surface area contributed by atoms with Crippen molar-refractivity contribution in [1.82, 2.24) is 10.3 Å². The van der Waals surface area contributed by atoms with Crippen molar-refractivity contribution >= 4 is 11.5 Å². The summed E-state index contributed by atoms with van der Waals surface area (Å²) in [6, 6.07) is 10.8. The van der Waals surface area contributed by atoms with Gasteiger partial charge in [0.2, 0.25) is 0 Å². The van der Waals surface area contributed by atoms with Crippen molar-refractivity contribution < 1.29 is 14.8 Å². The van der Waals surface area contributed by atoms with Gasteiger partial charge in [-0.15, -0.1) is 0 Å². The number of hydrogen-bond acceptors (Lipinski definition) is 7. The summed E-state index contributed by atoms with van der Waals surface area (Å²) in [5.74, 6) is 1.36. The predicted molar refractivity (Wildman–Crippen MR) is 109 cm³/mol. The minimum atomic E-state index is -0.634. The van der Waals surface area contributed by atoms with Gasteiger partial charge in [-0.05, 0) is 23.1 Å². The zero-order valence-electron chi connectivity index (χ0n) is 16.5. The maximum atomic E-state index is 10.6. The Morgan fingerprint density at radius 1 is 1.21 bits per heavy atom. The van der Waals surface area contributed by atoms with Gasteiger partial charge in [-0.25, -0.2) is 4.98 Å². The lowest BCUT2D eigenvalue weighted by atomic mass is 9.86. The second-order valence-corrected chi connectivity index (χ2v) is 7.50. The molecule has 8 nitrogen and oxygen atoms in total. The Hall–Kier alpha value is -2.71. The molecular weight excluding hydrogens is 360 g/mol. The van der Waals surface area contributed by atoms with Gasteiger partial charge >= 0.3 is 0 Å². The summed E-state index contributed by atoms with van der Waals surface area (Å²) in [5.41, 5.74) is 1.03. The van der Waals surface area contributed by atoms with Crippen molar-refractivity contribution in [2.45, 2.75) is 32.3 Å². The highest BCUT2D eigenvalue weighted by Crippen LogP contribution is 2.30. The molecule has 2 rings (SSSR count). The Morgan fingerprint density at radius 3 is 2.61 bits per heavy atom. The molecule has 8 heteroatoms. The van der Waals surface area contributed by atoms with Crippen LogP contribution in [0.1, 0.15) is 26.3 Å². The molecule has 1 heterocycles. The van der Waals surface area contributed by atoms with Crippen molar-refractivity contribution in [2.75, 3.05) is 31.6 Å². The average Bonchev–Trinajstić information content (AvgIpc) is 2.66. The second-order valence-electron chi connectivity index (χ2n) is 7.50. The molecule has 2 aromatic rings. The number of nitrogens with zero attached hydrogens (tertiary/aromatic N) is 2. The SMILES string of the molecule is CC(C)(C)c1ccccc1OCC(O)CNCCNc1ccc([N+](=O)[O-])cn1. The fraction of sp³-hybridized carbons (Fsp3) is 0.450. The molecule has 1 aromatic carbocycles. The number of para-hydroxylation sites is 1. The monoisotopic (exact) mass is 388 g/mol. The highest BCUT2D eigenvalue weighted by Gasteiger charge is 2.18. The lowest BCUT2D eigenvalue weighted by molar-refractivity contribution is -0.385. The number of aliphatic hydroxyl groups excluding tert-OH is 1. The zero-order chi connectivity index (χ0) is 20.6. The highest BCUT2D eigenvalue weighted by molar-refractivity contribution is 5.40. The van der Waals surface area contributed by atoms with E-state index in [-0.39, 0.29) is 17.7 Å². The molecule has 0 radical (unpaired) electrons. The van der Waals surface area contributed by atoms with Gasteiger partial charge in [0.25, 0.3) is 5.69 Å². The van der Waals surface area contributed by atoms with Gasteiger partial charge in [0.1, 0.15) is 30.5 Å². The van der Waals surface area contributed by atoms with E-state index in [4.69, 9.17) is 4.74 Å². The fourth-order valence-corrected chi connectivity index (χ4v) is 2.60. The first-order valence-corrected chi connectivity index (χ1v) is 9.23. The van der Waals surface area contributed by atoms with E-state index in [0.29, 0.717) is 25.5 Å². The van der Waals surface area contributed by atoms with E-state index in [9.17, 15) is 15.2 Å². The van der Waals surface area contributed by atoms with Gasteiger partial charge in [-0.1, -0.05) is 39.0 Å². The number of hydrogen-bond donors (Lipinski definition) is 3. The maximum Gasteiger partial charge on any atom is 0.287 e. The summed E-state index contributed by atoms with van der Waals surface area (Å²) in [6.07, 6.45) is 0.581. The summed E-state index contributed by atoms with van der Waals surface area (Å²) in [5, 5.41) is 26.9. The molecule has 1 aromatic heterocycles. The third-order valence-corrected chi connectivity index (χ3v) is 4.07. The van der Waals surface area contributed by atoms with E-state index in [1.54, 1.807) is 6.07 Å². The second kappa shape index (κ2) is 10.0. The van der Waals surface area contributed by atoms with Crippen LogP contribution >= 0.6 is 0 Å². The molecule has 28 heavy (non-hydrogen) atoms. The molecule has 1 unspecified atom stereocenters. The number of anilines is 1. The van der Waals surface area contributed by atoms with Crippen molar-refractivity contribution in [3.8, 4) is 5.75 Å². The van der Waals surface area contributed by atoms with Crippen molar-refractivity contribution in [3.05, 3.63) is 58.3 Å². The molecule has 0 bridgehead atoms.